The van der Waals surface area contributed by atoms with E-state index in [1.165, 1.54) is 0 Å². The Hall–Kier alpha value is -0.860. The minimum Gasteiger partial charge on any atom is -0.437 e. The van der Waals surface area contributed by atoms with Crippen LogP contribution in [0, 0.1) is 56.7 Å². The highest BCUT2D eigenvalue weighted by atomic mass is 31.2. The second-order valence-corrected chi connectivity index (χ2v) is 16.7. The first kappa shape index (κ1) is 31.6. The first-order valence-corrected chi connectivity index (χ1v) is 16.9. The lowest BCUT2D eigenvalue weighted by atomic mass is 9.32. The highest BCUT2D eigenvalue weighted by Gasteiger charge is 2.74. The number of alkyl halides is 2. The summed E-state index contributed by atoms with van der Waals surface area (Å²) < 4.78 is 53.4. The van der Waals surface area contributed by atoms with Crippen LogP contribution in [0.25, 0.3) is 0 Å². The first-order chi connectivity index (χ1) is 18.7. The van der Waals surface area contributed by atoms with Crippen molar-refractivity contribution in [3.05, 3.63) is 11.6 Å². The summed E-state index contributed by atoms with van der Waals surface area (Å²) >= 11 is 0. The zero-order valence-corrected chi connectivity index (χ0v) is 26.5. The number of phosphoric acid groups is 1. The van der Waals surface area contributed by atoms with Gasteiger partial charge in [0.1, 0.15) is 6.17 Å². The molecular weight excluding hydrogens is 553 g/mol. The molecule has 0 heterocycles. The third-order valence-electron chi connectivity index (χ3n) is 14.0. The lowest BCUT2D eigenvalue weighted by Crippen LogP contribution is -2.69. The van der Waals surface area contributed by atoms with Crippen molar-refractivity contribution in [2.24, 2.45) is 56.7 Å². The Morgan fingerprint density at radius 2 is 1.71 bits per heavy atom. The molecule has 0 aromatic rings. The normalized spacial score (nSPS) is 50.9. The molecule has 0 radical (unpaired) electrons. The van der Waals surface area contributed by atoms with Crippen LogP contribution in [0.2, 0.25) is 0 Å². The molecule has 0 amide bonds. The Morgan fingerprint density at radius 3 is 2.34 bits per heavy atom. The summed E-state index contributed by atoms with van der Waals surface area (Å²) in [4.78, 5) is 31.9. The van der Waals surface area contributed by atoms with Gasteiger partial charge in [0, 0.05) is 17.3 Å². The SMILES string of the molecule is CC1CCC2(C(=O)OCOP(=O)(O)O)CCC3(C)C(=CCC4C5(C)CCC(O)(F)C(C)(C)C5CC(F)C43C)C2C1C. The van der Waals surface area contributed by atoms with E-state index in [2.05, 4.69) is 45.2 Å². The fourth-order valence-electron chi connectivity index (χ4n) is 11.0. The minimum absolute atomic E-state index is 0.0344. The molecule has 0 bridgehead atoms. The summed E-state index contributed by atoms with van der Waals surface area (Å²) in [5.74, 6) is -2.96. The molecule has 5 rings (SSSR count). The number of phosphoric ester groups is 1. The number of rotatable bonds is 4. The Balaban J connectivity index is 1.57. The molecule has 0 aromatic carbocycles. The third-order valence-corrected chi connectivity index (χ3v) is 14.4. The van der Waals surface area contributed by atoms with Crippen molar-refractivity contribution < 1.29 is 42.3 Å². The minimum atomic E-state index is -4.80. The van der Waals surface area contributed by atoms with E-state index in [-0.39, 0.29) is 41.9 Å². The number of halogens is 2. The van der Waals surface area contributed by atoms with Crippen molar-refractivity contribution in [1.29, 1.82) is 0 Å². The zero-order valence-electron chi connectivity index (χ0n) is 25.6. The maximum atomic E-state index is 17.0. The highest BCUT2D eigenvalue weighted by Crippen LogP contribution is 2.77. The number of hydrogen-bond donors (Lipinski definition) is 3. The largest absolute Gasteiger partial charge is 0.472 e. The number of carbonyl (C=O) groups excluding carboxylic acids is 1. The van der Waals surface area contributed by atoms with E-state index < -0.39 is 54.3 Å². The molecule has 4 fully saturated rings. The van der Waals surface area contributed by atoms with Gasteiger partial charge in [0.25, 0.3) is 0 Å². The van der Waals surface area contributed by atoms with Gasteiger partial charge in [0.15, 0.2) is 0 Å². The zero-order chi connectivity index (χ0) is 30.6. The van der Waals surface area contributed by atoms with Crippen molar-refractivity contribution in [3.63, 3.8) is 0 Å². The van der Waals surface area contributed by atoms with Crippen LogP contribution in [-0.2, 0) is 18.6 Å². The van der Waals surface area contributed by atoms with Gasteiger partial charge < -0.3 is 19.6 Å². The number of esters is 1. The monoisotopic (exact) mass is 602 g/mol. The molecule has 234 valence electrons. The Morgan fingerprint density at radius 1 is 1.05 bits per heavy atom. The summed E-state index contributed by atoms with van der Waals surface area (Å²) in [5.41, 5.74) is -2.49. The fraction of sp³-hybridized carbons (Fsp3) is 0.903. The predicted molar refractivity (Wildman–Crippen MR) is 149 cm³/mol. The van der Waals surface area contributed by atoms with Gasteiger partial charge in [-0.1, -0.05) is 60.1 Å². The lowest BCUT2D eigenvalue weighted by Gasteiger charge is -2.72. The number of fused-ring (bicyclic) bond motifs is 7. The van der Waals surface area contributed by atoms with E-state index in [0.29, 0.717) is 38.0 Å². The van der Waals surface area contributed by atoms with E-state index in [4.69, 9.17) is 14.5 Å². The molecule has 41 heavy (non-hydrogen) atoms. The molecule has 0 aliphatic heterocycles. The predicted octanol–water partition coefficient (Wildman–Crippen LogP) is 6.86. The van der Waals surface area contributed by atoms with Crippen LogP contribution in [0.5, 0.6) is 0 Å². The van der Waals surface area contributed by atoms with Gasteiger partial charge in [-0.15, -0.1) is 0 Å². The summed E-state index contributed by atoms with van der Waals surface area (Å²) in [5, 5.41) is 10.7. The van der Waals surface area contributed by atoms with Crippen LogP contribution < -0.4 is 0 Å². The molecular formula is C31H49F2O7P. The van der Waals surface area contributed by atoms with Crippen molar-refractivity contribution in [2.45, 2.75) is 112 Å². The number of carbonyl (C=O) groups is 1. The van der Waals surface area contributed by atoms with Gasteiger partial charge >= 0.3 is 13.8 Å². The second-order valence-electron chi connectivity index (χ2n) is 15.5. The average Bonchev–Trinajstić information content (AvgIpc) is 2.86. The van der Waals surface area contributed by atoms with Gasteiger partial charge in [-0.3, -0.25) is 4.79 Å². The van der Waals surface area contributed by atoms with Crippen LogP contribution >= 0.6 is 7.82 Å². The van der Waals surface area contributed by atoms with E-state index in [9.17, 15) is 14.5 Å². The third kappa shape index (κ3) is 4.22. The summed E-state index contributed by atoms with van der Waals surface area (Å²) in [6.45, 7) is 13.4. The highest BCUT2D eigenvalue weighted by molar-refractivity contribution is 7.46. The van der Waals surface area contributed by atoms with E-state index in [1.54, 1.807) is 13.8 Å². The first-order valence-electron chi connectivity index (χ1n) is 15.3. The van der Waals surface area contributed by atoms with E-state index >= 15 is 8.78 Å². The Labute approximate surface area is 243 Å². The lowest BCUT2D eigenvalue weighted by molar-refractivity contribution is -0.290. The molecule has 0 saturated heterocycles. The molecule has 5 aliphatic rings. The molecule has 7 nitrogen and oxygen atoms in total. The van der Waals surface area contributed by atoms with Gasteiger partial charge in [0.2, 0.25) is 12.6 Å². The Kier molecular flexibility index (Phi) is 7.37. The number of ether oxygens (including phenoxy) is 1. The maximum Gasteiger partial charge on any atom is 0.472 e. The molecule has 11 atom stereocenters. The van der Waals surface area contributed by atoms with Crippen LogP contribution in [0.4, 0.5) is 8.78 Å². The molecule has 5 aliphatic carbocycles. The van der Waals surface area contributed by atoms with E-state index in [0.717, 1.165) is 12.0 Å². The number of hydrogen-bond acceptors (Lipinski definition) is 5. The quantitative estimate of drug-likeness (QED) is 0.139. The summed E-state index contributed by atoms with van der Waals surface area (Å²) in [6.07, 6.45) is 4.87. The van der Waals surface area contributed by atoms with Gasteiger partial charge in [0.05, 0.1) is 5.41 Å². The molecule has 0 spiro atoms. The van der Waals surface area contributed by atoms with Gasteiger partial charge in [-0.25, -0.2) is 17.9 Å². The van der Waals surface area contributed by atoms with Crippen LogP contribution in [0.1, 0.15) is 99.8 Å². The molecule has 11 unspecified atom stereocenters. The summed E-state index contributed by atoms with van der Waals surface area (Å²) in [6, 6.07) is 0. The summed E-state index contributed by atoms with van der Waals surface area (Å²) in [7, 11) is -4.80. The molecule has 10 heteroatoms. The topological polar surface area (TPSA) is 113 Å². The molecule has 4 saturated carbocycles. The smallest absolute Gasteiger partial charge is 0.437 e. The van der Waals surface area contributed by atoms with Crippen LogP contribution in [0.3, 0.4) is 0 Å². The second kappa shape index (κ2) is 9.57. The van der Waals surface area contributed by atoms with Crippen LogP contribution in [0.15, 0.2) is 11.6 Å². The standard InChI is InChI=1S/C31H49F2O7P/c1-18-10-11-30(25(34)39-17-40-41(36,37)38)14-13-28(6)20(24(30)19(18)2)8-9-21-27(5)12-15-31(33,35)26(3,4)22(27)16-23(32)29(21,28)7/h8,18-19,21-24,35H,9-17H2,1-7H3,(H2,36,37,38). The van der Waals surface area contributed by atoms with Crippen molar-refractivity contribution >= 4 is 13.8 Å². The van der Waals surface area contributed by atoms with Gasteiger partial charge in [-0.2, -0.15) is 0 Å². The van der Waals surface area contributed by atoms with Crippen molar-refractivity contribution in [1.82, 2.24) is 0 Å². The van der Waals surface area contributed by atoms with Crippen molar-refractivity contribution in [3.8, 4) is 0 Å². The number of aliphatic hydroxyl groups is 1. The van der Waals surface area contributed by atoms with Crippen LogP contribution in [-0.4, -0.2) is 39.7 Å². The van der Waals surface area contributed by atoms with E-state index in [1.807, 2.05) is 0 Å². The number of allylic oxidation sites excluding steroid dienone is 2. The molecule has 3 N–H and O–H groups in total. The van der Waals surface area contributed by atoms with Crippen molar-refractivity contribution in [2.75, 3.05) is 6.79 Å². The fourth-order valence-corrected chi connectivity index (χ4v) is 11.2. The average molecular weight is 603 g/mol. The van der Waals surface area contributed by atoms with Gasteiger partial charge in [-0.05, 0) is 85.4 Å². The Bertz CT molecular complexity index is 1170. The maximum absolute atomic E-state index is 17.0. The molecule has 0 aromatic heterocycles.